The summed E-state index contributed by atoms with van der Waals surface area (Å²) >= 11 is 1.07. The van der Waals surface area contributed by atoms with Crippen LogP contribution >= 0.6 is 11.8 Å². The molecule has 0 saturated carbocycles. The Morgan fingerprint density at radius 2 is 2.08 bits per heavy atom. The van der Waals surface area contributed by atoms with E-state index in [1.165, 1.54) is 0 Å². The van der Waals surface area contributed by atoms with E-state index in [-0.39, 0.29) is 28.1 Å². The van der Waals surface area contributed by atoms with Crippen molar-refractivity contribution >= 4 is 23.1 Å². The van der Waals surface area contributed by atoms with Crippen molar-refractivity contribution in [2.75, 3.05) is 12.9 Å². The molecule has 0 radical (unpaired) electrons. The minimum Gasteiger partial charge on any atom is -0.497 e. The fourth-order valence-corrected chi connectivity index (χ4v) is 3.31. The number of ether oxygens (including phenoxy) is 1. The van der Waals surface area contributed by atoms with Crippen molar-refractivity contribution in [3.05, 3.63) is 64.0 Å². The highest BCUT2D eigenvalue weighted by Crippen LogP contribution is 2.26. The molecule has 3 rings (SSSR count). The quantitative estimate of drug-likeness (QED) is 0.461. The summed E-state index contributed by atoms with van der Waals surface area (Å²) in [6.45, 7) is 0. The second-order valence-corrected chi connectivity index (χ2v) is 6.61. The molecule has 1 aliphatic rings. The van der Waals surface area contributed by atoms with Gasteiger partial charge in [0.1, 0.15) is 11.3 Å². The van der Waals surface area contributed by atoms with Gasteiger partial charge in [-0.05, 0) is 42.7 Å². The maximum Gasteiger partial charge on any atom is 0.263 e. The first kappa shape index (κ1) is 18.0. The van der Waals surface area contributed by atoms with Gasteiger partial charge in [0, 0.05) is 5.56 Å². The zero-order chi connectivity index (χ0) is 18.5. The number of methoxy groups -OCH3 is 1. The van der Waals surface area contributed by atoms with E-state index < -0.39 is 5.56 Å². The lowest BCUT2D eigenvalue weighted by Crippen LogP contribution is -2.15. The molecule has 2 aromatic rings. The molecule has 2 N–H and O–H groups in total. The molecule has 26 heavy (non-hydrogen) atoms. The molecule has 1 heterocycles. The van der Waals surface area contributed by atoms with Crippen molar-refractivity contribution in [1.82, 2.24) is 9.97 Å². The van der Waals surface area contributed by atoms with E-state index >= 15 is 0 Å². The molecule has 0 atom stereocenters. The van der Waals surface area contributed by atoms with Crippen LogP contribution in [0, 0.1) is 0 Å². The summed E-state index contributed by atoms with van der Waals surface area (Å²) in [5.41, 5.74) is 0.939. The number of aromatic nitrogens is 2. The monoisotopic (exact) mass is 370 g/mol. The zero-order valence-electron chi connectivity index (χ0n) is 14.2. The number of ketones is 1. The summed E-state index contributed by atoms with van der Waals surface area (Å²) in [7, 11) is 1.56. The number of Topliss-reactive ketones (excluding diaryl/α,β-unsaturated/α-hetero) is 1. The molecule has 7 heteroatoms. The summed E-state index contributed by atoms with van der Waals surface area (Å²) in [6, 6.07) is 6.79. The number of hydrogen-bond acceptors (Lipinski definition) is 6. The third-order valence-electron chi connectivity index (χ3n) is 3.91. The number of hydrogen-bond donors (Lipinski definition) is 2. The Bertz CT molecular complexity index is 930. The predicted molar refractivity (Wildman–Crippen MR) is 101 cm³/mol. The van der Waals surface area contributed by atoms with E-state index in [1.807, 2.05) is 12.2 Å². The van der Waals surface area contributed by atoms with E-state index in [0.717, 1.165) is 24.6 Å². The van der Waals surface area contributed by atoms with E-state index in [0.29, 0.717) is 16.9 Å². The van der Waals surface area contributed by atoms with Gasteiger partial charge in [0.15, 0.2) is 10.9 Å². The van der Waals surface area contributed by atoms with Gasteiger partial charge >= 0.3 is 0 Å². The summed E-state index contributed by atoms with van der Waals surface area (Å²) < 4.78 is 5.06. The third kappa shape index (κ3) is 4.05. The minimum atomic E-state index is -0.422. The summed E-state index contributed by atoms with van der Waals surface area (Å²) in [5, 5.41) is 10.4. The highest BCUT2D eigenvalue weighted by molar-refractivity contribution is 7.99. The van der Waals surface area contributed by atoms with Gasteiger partial charge in [0.2, 0.25) is 5.88 Å². The van der Waals surface area contributed by atoms with Crippen molar-refractivity contribution < 1.29 is 14.6 Å². The number of allylic oxidation sites excluding steroid dienone is 4. The van der Waals surface area contributed by atoms with Crippen LogP contribution in [0.4, 0.5) is 0 Å². The van der Waals surface area contributed by atoms with Gasteiger partial charge in [0.05, 0.1) is 12.9 Å². The first-order valence-electron chi connectivity index (χ1n) is 8.09. The maximum atomic E-state index is 12.3. The fraction of sp³-hybridized carbons (Fsp3) is 0.211. The molecule has 0 fully saturated rings. The van der Waals surface area contributed by atoms with E-state index in [1.54, 1.807) is 37.5 Å². The van der Waals surface area contributed by atoms with Crippen molar-refractivity contribution in [2.24, 2.45) is 0 Å². The highest BCUT2D eigenvalue weighted by atomic mass is 32.2. The van der Waals surface area contributed by atoms with Crippen molar-refractivity contribution in [1.29, 1.82) is 0 Å². The average Bonchev–Trinajstić information content (AvgIpc) is 2.66. The van der Waals surface area contributed by atoms with Crippen LogP contribution in [0.5, 0.6) is 11.6 Å². The first-order valence-corrected chi connectivity index (χ1v) is 9.07. The SMILES string of the molecule is COc1ccc(C(=O)CSc2nc(O)c(C3=CCCC=C3)c(=O)[nH]2)cc1. The van der Waals surface area contributed by atoms with E-state index in [9.17, 15) is 14.7 Å². The van der Waals surface area contributed by atoms with Crippen LogP contribution in [-0.2, 0) is 0 Å². The van der Waals surface area contributed by atoms with Gasteiger partial charge in [-0.25, -0.2) is 0 Å². The van der Waals surface area contributed by atoms with Crippen LogP contribution in [0.2, 0.25) is 0 Å². The number of rotatable bonds is 6. The minimum absolute atomic E-state index is 0.0939. The molecule has 1 aliphatic carbocycles. The molecule has 0 amide bonds. The normalized spacial score (nSPS) is 13.3. The summed E-state index contributed by atoms with van der Waals surface area (Å²) in [6.07, 6.45) is 7.38. The Balaban J connectivity index is 1.72. The Morgan fingerprint density at radius 1 is 1.31 bits per heavy atom. The maximum absolute atomic E-state index is 12.3. The topological polar surface area (TPSA) is 92.3 Å². The van der Waals surface area contributed by atoms with Crippen molar-refractivity contribution in [3.8, 4) is 11.6 Å². The van der Waals surface area contributed by atoms with Crippen LogP contribution < -0.4 is 10.3 Å². The van der Waals surface area contributed by atoms with Crippen molar-refractivity contribution in [2.45, 2.75) is 18.0 Å². The van der Waals surface area contributed by atoms with Crippen molar-refractivity contribution in [3.63, 3.8) is 0 Å². The van der Waals surface area contributed by atoms with Gasteiger partial charge in [-0.3, -0.25) is 9.59 Å². The summed E-state index contributed by atoms with van der Waals surface area (Å²) in [4.78, 5) is 31.2. The molecule has 1 aromatic carbocycles. The summed E-state index contributed by atoms with van der Waals surface area (Å²) in [5.74, 6) is 0.330. The second kappa shape index (κ2) is 8.05. The Kier molecular flexibility index (Phi) is 5.58. The number of carbonyl (C=O) groups excluding carboxylic acids is 1. The lowest BCUT2D eigenvalue weighted by Gasteiger charge is -2.09. The molecule has 0 bridgehead atoms. The largest absolute Gasteiger partial charge is 0.497 e. The van der Waals surface area contributed by atoms with Crippen LogP contribution in [-0.4, -0.2) is 33.7 Å². The first-order chi connectivity index (χ1) is 12.6. The van der Waals surface area contributed by atoms with Gasteiger partial charge in [-0.15, -0.1) is 0 Å². The average molecular weight is 370 g/mol. The van der Waals surface area contributed by atoms with Crippen LogP contribution in [0.15, 0.2) is 52.4 Å². The van der Waals surface area contributed by atoms with Crippen LogP contribution in [0.3, 0.4) is 0 Å². The lowest BCUT2D eigenvalue weighted by atomic mass is 10.0. The molecule has 6 nitrogen and oxygen atoms in total. The fourth-order valence-electron chi connectivity index (χ4n) is 2.56. The van der Waals surface area contributed by atoms with Crippen LogP contribution in [0.25, 0.3) is 5.57 Å². The molecule has 0 unspecified atom stereocenters. The lowest BCUT2D eigenvalue weighted by molar-refractivity contribution is 0.102. The molecular weight excluding hydrogens is 352 g/mol. The van der Waals surface area contributed by atoms with E-state index in [4.69, 9.17) is 4.74 Å². The number of nitrogens with one attached hydrogen (secondary N) is 1. The predicted octanol–water partition coefficient (Wildman–Crippen LogP) is 3.19. The smallest absolute Gasteiger partial charge is 0.263 e. The Morgan fingerprint density at radius 3 is 2.69 bits per heavy atom. The zero-order valence-corrected chi connectivity index (χ0v) is 15.0. The Hall–Kier alpha value is -2.80. The van der Waals surface area contributed by atoms with E-state index in [2.05, 4.69) is 9.97 Å². The molecular formula is C19H18N2O4S. The molecule has 1 aromatic heterocycles. The number of benzene rings is 1. The number of H-pyrrole nitrogens is 1. The second-order valence-electron chi connectivity index (χ2n) is 5.65. The van der Waals surface area contributed by atoms with Gasteiger partial charge < -0.3 is 14.8 Å². The Labute approximate surface area is 154 Å². The highest BCUT2D eigenvalue weighted by Gasteiger charge is 2.16. The molecule has 0 saturated heterocycles. The van der Waals surface area contributed by atoms with Gasteiger partial charge in [-0.1, -0.05) is 30.0 Å². The number of carbonyl (C=O) groups is 1. The molecule has 0 aliphatic heterocycles. The molecule has 134 valence electrons. The third-order valence-corrected chi connectivity index (χ3v) is 4.79. The number of nitrogens with zero attached hydrogens (tertiary/aromatic N) is 1. The number of aromatic hydroxyl groups is 1. The van der Waals surface area contributed by atoms with Gasteiger partial charge in [-0.2, -0.15) is 4.98 Å². The number of aromatic amines is 1. The molecule has 0 spiro atoms. The van der Waals surface area contributed by atoms with Crippen LogP contribution in [0.1, 0.15) is 28.8 Å². The standard InChI is InChI=1S/C19H18N2O4S/c1-25-14-9-7-12(8-10-14)15(22)11-26-19-20-17(23)16(18(24)21-19)13-5-3-2-4-6-13/h3,5-10H,2,4,11H2,1H3,(H2,20,21,23,24). The number of thioether (sulfide) groups is 1. The van der Waals surface area contributed by atoms with Gasteiger partial charge in [0.25, 0.3) is 5.56 Å².